The summed E-state index contributed by atoms with van der Waals surface area (Å²) in [7, 11) is -2.65. The van der Waals surface area contributed by atoms with E-state index in [1.807, 2.05) is 0 Å². The van der Waals surface area contributed by atoms with Gasteiger partial charge in [0.1, 0.15) is 5.82 Å². The molecule has 0 aliphatic rings. The third-order valence-corrected chi connectivity index (χ3v) is 5.56. The molecule has 0 spiro atoms. The zero-order valence-corrected chi connectivity index (χ0v) is 16.1. The van der Waals surface area contributed by atoms with Gasteiger partial charge in [-0.15, -0.1) is 0 Å². The molecule has 2 rings (SSSR count). The Labute approximate surface area is 161 Å². The largest absolute Gasteiger partial charge is 0.326 e. The standard InChI is InChI=1S/C17H17ClFN3O4S/c1-11(23)20-12-3-6-14(7-4-12)27(25,26)22(2)10-17(24)21-13-5-8-16(19)15(18)9-13/h3-9H,10H2,1-2H3,(H,20,23)(H,21,24). The Balaban J connectivity index is 2.06. The number of halogens is 2. The highest BCUT2D eigenvalue weighted by Gasteiger charge is 2.23. The van der Waals surface area contributed by atoms with E-state index in [9.17, 15) is 22.4 Å². The molecule has 27 heavy (non-hydrogen) atoms. The normalized spacial score (nSPS) is 11.3. The van der Waals surface area contributed by atoms with E-state index in [-0.39, 0.29) is 21.5 Å². The number of sulfonamides is 1. The molecule has 0 saturated heterocycles. The molecule has 10 heteroatoms. The van der Waals surface area contributed by atoms with Gasteiger partial charge in [0.15, 0.2) is 0 Å². The molecule has 0 fully saturated rings. The van der Waals surface area contributed by atoms with Crippen molar-refractivity contribution >= 4 is 44.8 Å². The number of rotatable bonds is 6. The lowest BCUT2D eigenvalue weighted by Crippen LogP contribution is -2.35. The maximum absolute atomic E-state index is 13.1. The summed E-state index contributed by atoms with van der Waals surface area (Å²) in [6.07, 6.45) is 0. The van der Waals surface area contributed by atoms with Crippen LogP contribution in [0.25, 0.3) is 0 Å². The molecule has 0 aliphatic heterocycles. The van der Waals surface area contributed by atoms with Gasteiger partial charge in [0.2, 0.25) is 21.8 Å². The van der Waals surface area contributed by atoms with E-state index in [2.05, 4.69) is 10.6 Å². The van der Waals surface area contributed by atoms with Gasteiger partial charge in [-0.1, -0.05) is 11.6 Å². The molecule has 0 radical (unpaired) electrons. The minimum absolute atomic E-state index is 0.0308. The van der Waals surface area contributed by atoms with Gasteiger partial charge in [0.05, 0.1) is 16.5 Å². The summed E-state index contributed by atoms with van der Waals surface area (Å²) in [6.45, 7) is 0.885. The fraction of sp³-hybridized carbons (Fsp3) is 0.176. The molecule has 0 aliphatic carbocycles. The monoisotopic (exact) mass is 413 g/mol. The van der Waals surface area contributed by atoms with Crippen molar-refractivity contribution in [2.45, 2.75) is 11.8 Å². The van der Waals surface area contributed by atoms with Crippen LogP contribution in [0.2, 0.25) is 5.02 Å². The lowest BCUT2D eigenvalue weighted by atomic mass is 10.3. The van der Waals surface area contributed by atoms with E-state index in [4.69, 9.17) is 11.6 Å². The molecular weight excluding hydrogens is 397 g/mol. The average Bonchev–Trinajstić information content (AvgIpc) is 2.58. The minimum atomic E-state index is -3.91. The highest BCUT2D eigenvalue weighted by atomic mass is 35.5. The van der Waals surface area contributed by atoms with Gasteiger partial charge in [0.25, 0.3) is 0 Å². The van der Waals surface area contributed by atoms with Gasteiger partial charge >= 0.3 is 0 Å². The SMILES string of the molecule is CC(=O)Nc1ccc(S(=O)(=O)N(C)CC(=O)Nc2ccc(F)c(Cl)c2)cc1. The van der Waals surface area contributed by atoms with Crippen LogP contribution in [0.15, 0.2) is 47.4 Å². The zero-order chi connectivity index (χ0) is 20.2. The first-order chi connectivity index (χ1) is 12.6. The molecule has 2 amide bonds. The Kier molecular flexibility index (Phi) is 6.53. The summed E-state index contributed by atoms with van der Waals surface area (Å²) in [4.78, 5) is 23.0. The first-order valence-electron chi connectivity index (χ1n) is 7.68. The van der Waals surface area contributed by atoms with Crippen molar-refractivity contribution in [1.29, 1.82) is 0 Å². The molecule has 2 aromatic rings. The van der Waals surface area contributed by atoms with Crippen LogP contribution in [0.3, 0.4) is 0 Å². The second-order valence-electron chi connectivity index (χ2n) is 5.64. The summed E-state index contributed by atoms with van der Waals surface area (Å²) >= 11 is 5.64. The highest BCUT2D eigenvalue weighted by Crippen LogP contribution is 2.20. The van der Waals surface area contributed by atoms with E-state index in [0.717, 1.165) is 10.4 Å². The number of anilines is 2. The fourth-order valence-corrected chi connectivity index (χ4v) is 3.46. The summed E-state index contributed by atoms with van der Waals surface area (Å²) in [5.41, 5.74) is 0.701. The smallest absolute Gasteiger partial charge is 0.243 e. The van der Waals surface area contributed by atoms with Crippen molar-refractivity contribution in [3.8, 4) is 0 Å². The predicted molar refractivity (Wildman–Crippen MR) is 101 cm³/mol. The topological polar surface area (TPSA) is 95.6 Å². The van der Waals surface area contributed by atoms with Gasteiger partial charge < -0.3 is 10.6 Å². The van der Waals surface area contributed by atoms with E-state index < -0.39 is 28.3 Å². The van der Waals surface area contributed by atoms with Crippen LogP contribution in [0.4, 0.5) is 15.8 Å². The number of carbonyl (C=O) groups is 2. The quantitative estimate of drug-likeness (QED) is 0.761. The number of hydrogen-bond acceptors (Lipinski definition) is 4. The van der Waals surface area contributed by atoms with Gasteiger partial charge in [-0.2, -0.15) is 4.31 Å². The van der Waals surface area contributed by atoms with Crippen LogP contribution in [-0.4, -0.2) is 38.1 Å². The van der Waals surface area contributed by atoms with E-state index in [1.54, 1.807) is 0 Å². The van der Waals surface area contributed by atoms with Crippen molar-refractivity contribution in [2.75, 3.05) is 24.2 Å². The average molecular weight is 414 g/mol. The Morgan fingerprint density at radius 2 is 1.67 bits per heavy atom. The van der Waals surface area contributed by atoms with E-state index in [1.165, 1.54) is 50.4 Å². The minimum Gasteiger partial charge on any atom is -0.326 e. The van der Waals surface area contributed by atoms with Gasteiger partial charge in [-0.25, -0.2) is 12.8 Å². The molecule has 2 N–H and O–H groups in total. The first-order valence-corrected chi connectivity index (χ1v) is 9.50. The Hall–Kier alpha value is -2.49. The van der Waals surface area contributed by atoms with Crippen molar-refractivity contribution in [3.05, 3.63) is 53.3 Å². The summed E-state index contributed by atoms with van der Waals surface area (Å²) in [5, 5.41) is 4.82. The van der Waals surface area contributed by atoms with Crippen molar-refractivity contribution in [1.82, 2.24) is 4.31 Å². The molecule has 2 aromatic carbocycles. The number of hydrogen-bond donors (Lipinski definition) is 2. The van der Waals surface area contributed by atoms with Crippen LogP contribution in [0.1, 0.15) is 6.92 Å². The van der Waals surface area contributed by atoms with E-state index >= 15 is 0 Å². The second kappa shape index (κ2) is 8.47. The Bertz CT molecular complexity index is 965. The second-order valence-corrected chi connectivity index (χ2v) is 8.10. The zero-order valence-electron chi connectivity index (χ0n) is 14.5. The maximum Gasteiger partial charge on any atom is 0.243 e. The van der Waals surface area contributed by atoms with Crippen LogP contribution >= 0.6 is 11.6 Å². The van der Waals surface area contributed by atoms with Crippen LogP contribution in [0.5, 0.6) is 0 Å². The molecule has 0 atom stereocenters. The first kappa shape index (κ1) is 20.8. The Morgan fingerprint density at radius 1 is 1.07 bits per heavy atom. The van der Waals surface area contributed by atoms with Crippen molar-refractivity contribution < 1.29 is 22.4 Å². The molecule has 144 valence electrons. The van der Waals surface area contributed by atoms with Gasteiger partial charge in [0, 0.05) is 25.3 Å². The summed E-state index contributed by atoms with van der Waals surface area (Å²) < 4.78 is 39.1. The number of benzene rings is 2. The summed E-state index contributed by atoms with van der Waals surface area (Å²) in [5.74, 6) is -1.52. The predicted octanol–water partition coefficient (Wildman–Crippen LogP) is 2.70. The maximum atomic E-state index is 13.1. The van der Waals surface area contributed by atoms with Crippen LogP contribution in [0, 0.1) is 5.82 Å². The molecule has 0 heterocycles. The molecule has 0 saturated carbocycles. The molecule has 0 aromatic heterocycles. The van der Waals surface area contributed by atoms with E-state index in [0.29, 0.717) is 5.69 Å². The lowest BCUT2D eigenvalue weighted by Gasteiger charge is -2.17. The molecule has 0 unspecified atom stereocenters. The molecular formula is C17H17ClFN3O4S. The van der Waals surface area contributed by atoms with Crippen molar-refractivity contribution in [3.63, 3.8) is 0 Å². The number of likely N-dealkylation sites (N-methyl/N-ethyl adjacent to an activating group) is 1. The van der Waals surface area contributed by atoms with Gasteiger partial charge in [-0.05, 0) is 42.5 Å². The number of amides is 2. The lowest BCUT2D eigenvalue weighted by molar-refractivity contribution is -0.116. The third kappa shape index (κ3) is 5.49. The van der Waals surface area contributed by atoms with Crippen molar-refractivity contribution in [2.24, 2.45) is 0 Å². The number of nitrogens with zero attached hydrogens (tertiary/aromatic N) is 1. The number of carbonyl (C=O) groups excluding carboxylic acids is 2. The number of nitrogens with one attached hydrogen (secondary N) is 2. The van der Waals surface area contributed by atoms with Crippen LogP contribution < -0.4 is 10.6 Å². The highest BCUT2D eigenvalue weighted by molar-refractivity contribution is 7.89. The van der Waals surface area contributed by atoms with Crippen LogP contribution in [-0.2, 0) is 19.6 Å². The van der Waals surface area contributed by atoms with Gasteiger partial charge in [-0.3, -0.25) is 9.59 Å². The molecule has 0 bridgehead atoms. The fourth-order valence-electron chi connectivity index (χ4n) is 2.16. The Morgan fingerprint density at radius 3 is 2.22 bits per heavy atom. The third-order valence-electron chi connectivity index (χ3n) is 3.45. The summed E-state index contributed by atoms with van der Waals surface area (Å²) in [6, 6.07) is 9.18. The molecule has 7 nitrogen and oxygen atoms in total.